The highest BCUT2D eigenvalue weighted by Crippen LogP contribution is 2.14. The van der Waals surface area contributed by atoms with E-state index in [4.69, 9.17) is 0 Å². The first-order valence-corrected chi connectivity index (χ1v) is 10.9. The van der Waals surface area contributed by atoms with Crippen LogP contribution in [0.4, 0.5) is 0 Å². The number of rotatable bonds is 7. The molecular weight excluding hydrogens is 354 g/mol. The van der Waals surface area contributed by atoms with Crippen molar-refractivity contribution in [2.75, 3.05) is 19.8 Å². The molecule has 0 fully saturated rings. The summed E-state index contributed by atoms with van der Waals surface area (Å²) < 4.78 is 23.0. The molecular formula is C18H25N3O2S2. The molecule has 7 heteroatoms. The standard InChI is InChI=1S/C18H25N3O2S2/c1-14(11-16-5-4-10-24-16)12-20-18(19-2)21-13-15-6-8-17(9-7-15)25(3,22)23/h4-10,14H,11-13H2,1-3H3,(H2,19,20,21). The van der Waals surface area contributed by atoms with E-state index in [-0.39, 0.29) is 0 Å². The molecule has 0 bridgehead atoms. The number of aliphatic imine (C=N–C) groups is 1. The van der Waals surface area contributed by atoms with E-state index < -0.39 is 9.84 Å². The van der Waals surface area contributed by atoms with Gasteiger partial charge in [-0.25, -0.2) is 8.42 Å². The Balaban J connectivity index is 1.80. The van der Waals surface area contributed by atoms with Gasteiger partial charge in [0.1, 0.15) is 0 Å². The maximum Gasteiger partial charge on any atom is 0.191 e. The first-order valence-electron chi connectivity index (χ1n) is 8.14. The van der Waals surface area contributed by atoms with Crippen LogP contribution in [0.25, 0.3) is 0 Å². The van der Waals surface area contributed by atoms with Crippen molar-refractivity contribution in [1.82, 2.24) is 10.6 Å². The van der Waals surface area contributed by atoms with Gasteiger partial charge in [0, 0.05) is 31.3 Å². The van der Waals surface area contributed by atoms with E-state index in [9.17, 15) is 8.42 Å². The van der Waals surface area contributed by atoms with E-state index in [1.807, 2.05) is 12.1 Å². The van der Waals surface area contributed by atoms with E-state index in [0.29, 0.717) is 17.4 Å². The van der Waals surface area contributed by atoms with Gasteiger partial charge >= 0.3 is 0 Å². The summed E-state index contributed by atoms with van der Waals surface area (Å²) in [5, 5.41) is 8.69. The zero-order valence-corrected chi connectivity index (χ0v) is 16.5. The van der Waals surface area contributed by atoms with Crippen molar-refractivity contribution < 1.29 is 8.42 Å². The van der Waals surface area contributed by atoms with Crippen molar-refractivity contribution in [3.63, 3.8) is 0 Å². The molecule has 1 aromatic heterocycles. The summed E-state index contributed by atoms with van der Waals surface area (Å²) in [5.41, 5.74) is 1.00. The van der Waals surface area contributed by atoms with Gasteiger partial charge in [0.05, 0.1) is 4.90 Å². The number of thiophene rings is 1. The molecule has 25 heavy (non-hydrogen) atoms. The third kappa shape index (κ3) is 6.51. The molecule has 0 amide bonds. The van der Waals surface area contributed by atoms with Crippen LogP contribution in [-0.2, 0) is 22.8 Å². The molecule has 0 radical (unpaired) electrons. The summed E-state index contributed by atoms with van der Waals surface area (Å²) in [6.07, 6.45) is 2.26. The highest BCUT2D eigenvalue weighted by molar-refractivity contribution is 7.90. The molecule has 0 saturated heterocycles. The first kappa shape index (κ1) is 19.5. The van der Waals surface area contributed by atoms with E-state index in [1.165, 1.54) is 11.1 Å². The van der Waals surface area contributed by atoms with Crippen molar-refractivity contribution >= 4 is 27.1 Å². The summed E-state index contributed by atoms with van der Waals surface area (Å²) >= 11 is 1.79. The van der Waals surface area contributed by atoms with Crippen LogP contribution in [0.1, 0.15) is 17.4 Å². The Labute approximate surface area is 154 Å². The predicted molar refractivity (Wildman–Crippen MR) is 105 cm³/mol. The lowest BCUT2D eigenvalue weighted by Crippen LogP contribution is -2.39. The van der Waals surface area contributed by atoms with Gasteiger partial charge in [0.15, 0.2) is 15.8 Å². The summed E-state index contributed by atoms with van der Waals surface area (Å²) in [5.74, 6) is 1.25. The zero-order valence-electron chi connectivity index (χ0n) is 14.8. The fourth-order valence-corrected chi connectivity index (χ4v) is 3.88. The van der Waals surface area contributed by atoms with Crippen molar-refractivity contribution in [3.05, 3.63) is 52.2 Å². The molecule has 0 aliphatic heterocycles. The average molecular weight is 380 g/mol. The predicted octanol–water partition coefficient (Wildman–Crippen LogP) is 2.70. The number of nitrogens with zero attached hydrogens (tertiary/aromatic N) is 1. The van der Waals surface area contributed by atoms with Gasteiger partial charge in [-0.2, -0.15) is 0 Å². The van der Waals surface area contributed by atoms with Crippen LogP contribution in [0.2, 0.25) is 0 Å². The maximum atomic E-state index is 11.5. The minimum Gasteiger partial charge on any atom is -0.356 e. The SMILES string of the molecule is CN=C(NCc1ccc(S(C)(=O)=O)cc1)NCC(C)Cc1cccs1. The van der Waals surface area contributed by atoms with Crippen molar-refractivity contribution in [1.29, 1.82) is 0 Å². The summed E-state index contributed by atoms with van der Waals surface area (Å²) in [6, 6.07) is 11.1. The second-order valence-corrected chi connectivity index (χ2v) is 9.16. The molecule has 1 aromatic carbocycles. The van der Waals surface area contributed by atoms with E-state index in [1.54, 1.807) is 30.5 Å². The normalized spacial score (nSPS) is 13.5. The Bertz CT molecular complexity index is 782. The Hall–Kier alpha value is -1.86. The smallest absolute Gasteiger partial charge is 0.191 e. The molecule has 2 N–H and O–H groups in total. The molecule has 136 valence electrons. The van der Waals surface area contributed by atoms with E-state index in [0.717, 1.165) is 24.5 Å². The molecule has 5 nitrogen and oxygen atoms in total. The van der Waals surface area contributed by atoms with Gasteiger partial charge in [0.2, 0.25) is 0 Å². The quantitative estimate of drug-likeness (QED) is 0.573. The summed E-state index contributed by atoms with van der Waals surface area (Å²) in [7, 11) is -1.41. The van der Waals surface area contributed by atoms with Gasteiger partial charge in [-0.05, 0) is 41.5 Å². The van der Waals surface area contributed by atoms with Crippen molar-refractivity contribution in [2.45, 2.75) is 24.8 Å². The Morgan fingerprint density at radius 3 is 2.48 bits per heavy atom. The van der Waals surface area contributed by atoms with Crippen LogP contribution in [0, 0.1) is 5.92 Å². The van der Waals surface area contributed by atoms with Crippen LogP contribution < -0.4 is 10.6 Å². The van der Waals surface area contributed by atoms with Gasteiger partial charge in [-0.3, -0.25) is 4.99 Å². The largest absolute Gasteiger partial charge is 0.356 e. The van der Waals surface area contributed by atoms with Gasteiger partial charge in [0.25, 0.3) is 0 Å². The third-order valence-electron chi connectivity index (χ3n) is 3.78. The Morgan fingerprint density at radius 1 is 1.20 bits per heavy atom. The summed E-state index contributed by atoms with van der Waals surface area (Å²) in [4.78, 5) is 5.96. The molecule has 1 unspecified atom stereocenters. The first-order chi connectivity index (χ1) is 11.9. The zero-order chi connectivity index (χ0) is 18.3. The number of hydrogen-bond donors (Lipinski definition) is 2. The number of nitrogens with one attached hydrogen (secondary N) is 2. The van der Waals surface area contributed by atoms with E-state index in [2.05, 4.69) is 40.1 Å². The number of hydrogen-bond acceptors (Lipinski definition) is 4. The number of benzene rings is 1. The van der Waals surface area contributed by atoms with E-state index >= 15 is 0 Å². The monoisotopic (exact) mass is 379 g/mol. The molecule has 1 heterocycles. The molecule has 2 aromatic rings. The van der Waals surface area contributed by atoms with Crippen LogP contribution in [0.5, 0.6) is 0 Å². The second kappa shape index (κ2) is 9.01. The third-order valence-corrected chi connectivity index (χ3v) is 5.81. The fourth-order valence-electron chi connectivity index (χ4n) is 2.38. The molecule has 0 spiro atoms. The van der Waals surface area contributed by atoms with Crippen LogP contribution in [0.15, 0.2) is 51.7 Å². The molecule has 0 aliphatic carbocycles. The minimum absolute atomic E-state index is 0.334. The average Bonchev–Trinajstić information content (AvgIpc) is 3.07. The highest BCUT2D eigenvalue weighted by atomic mass is 32.2. The number of sulfone groups is 1. The van der Waals surface area contributed by atoms with Crippen LogP contribution in [0.3, 0.4) is 0 Å². The molecule has 1 atom stereocenters. The lowest BCUT2D eigenvalue weighted by molar-refractivity contribution is 0.562. The molecule has 0 aliphatic rings. The Morgan fingerprint density at radius 2 is 1.92 bits per heavy atom. The van der Waals surface area contributed by atoms with Crippen LogP contribution in [-0.4, -0.2) is 34.2 Å². The maximum absolute atomic E-state index is 11.5. The Kier molecular flexibility index (Phi) is 7.01. The summed E-state index contributed by atoms with van der Waals surface area (Å²) in [6.45, 7) is 3.64. The topological polar surface area (TPSA) is 70.6 Å². The molecule has 0 saturated carbocycles. The minimum atomic E-state index is -3.15. The second-order valence-electron chi connectivity index (χ2n) is 6.11. The van der Waals surface area contributed by atoms with Crippen molar-refractivity contribution in [3.8, 4) is 0 Å². The lowest BCUT2D eigenvalue weighted by atomic mass is 10.1. The van der Waals surface area contributed by atoms with Gasteiger partial charge < -0.3 is 10.6 Å². The number of guanidine groups is 1. The highest BCUT2D eigenvalue weighted by Gasteiger charge is 2.08. The van der Waals surface area contributed by atoms with Gasteiger partial charge in [-0.1, -0.05) is 25.1 Å². The molecule has 2 rings (SSSR count). The van der Waals surface area contributed by atoms with Gasteiger partial charge in [-0.15, -0.1) is 11.3 Å². The van der Waals surface area contributed by atoms with Crippen LogP contribution >= 0.6 is 11.3 Å². The fraction of sp³-hybridized carbons (Fsp3) is 0.389. The lowest BCUT2D eigenvalue weighted by Gasteiger charge is -2.15. The van der Waals surface area contributed by atoms with Crippen molar-refractivity contribution in [2.24, 2.45) is 10.9 Å².